The number of aromatic nitrogens is 1. The third kappa shape index (κ3) is 5.29. The Labute approximate surface area is 149 Å². The van der Waals surface area contributed by atoms with Crippen LogP contribution in [0.1, 0.15) is 29.8 Å². The molecule has 2 aromatic rings. The SMILES string of the molecule is CN=C(NCc1ncccc1C)NC(C)c1ccccc1.I. The van der Waals surface area contributed by atoms with Crippen molar-refractivity contribution in [2.75, 3.05) is 7.05 Å². The lowest BCUT2D eigenvalue weighted by Crippen LogP contribution is -2.38. The molecular formula is C17H23IN4. The lowest BCUT2D eigenvalue weighted by Gasteiger charge is -2.18. The van der Waals surface area contributed by atoms with Crippen LogP contribution in [0.15, 0.2) is 53.7 Å². The molecule has 0 saturated carbocycles. The Hall–Kier alpha value is -1.63. The Bertz CT molecular complexity index is 599. The second kappa shape index (κ2) is 9.40. The summed E-state index contributed by atoms with van der Waals surface area (Å²) >= 11 is 0. The molecule has 1 heterocycles. The standard InChI is InChI=1S/C17H22N4.HI/c1-13-8-7-11-19-16(13)12-20-17(18-3)21-14(2)15-9-5-4-6-10-15;/h4-11,14H,12H2,1-3H3,(H2,18,20,21);1H. The second-order valence-electron chi connectivity index (χ2n) is 4.97. The van der Waals surface area contributed by atoms with Crippen molar-refractivity contribution in [3.63, 3.8) is 0 Å². The van der Waals surface area contributed by atoms with Crippen molar-refractivity contribution in [3.8, 4) is 0 Å². The number of hydrogen-bond acceptors (Lipinski definition) is 2. The van der Waals surface area contributed by atoms with Crippen molar-refractivity contribution in [2.24, 2.45) is 4.99 Å². The number of aliphatic imine (C=N–C) groups is 1. The number of nitrogens with one attached hydrogen (secondary N) is 2. The number of guanidine groups is 1. The molecule has 0 aliphatic carbocycles. The Balaban J connectivity index is 0.00000242. The quantitative estimate of drug-likeness (QED) is 0.461. The topological polar surface area (TPSA) is 49.3 Å². The van der Waals surface area contributed by atoms with E-state index < -0.39 is 0 Å². The lowest BCUT2D eigenvalue weighted by molar-refractivity contribution is 0.682. The van der Waals surface area contributed by atoms with Crippen LogP contribution in [0.2, 0.25) is 0 Å². The number of aryl methyl sites for hydroxylation is 1. The van der Waals surface area contributed by atoms with Crippen molar-refractivity contribution in [3.05, 3.63) is 65.5 Å². The van der Waals surface area contributed by atoms with Gasteiger partial charge in [-0.15, -0.1) is 24.0 Å². The van der Waals surface area contributed by atoms with Crippen LogP contribution in [0.4, 0.5) is 0 Å². The minimum Gasteiger partial charge on any atom is -0.351 e. The number of pyridine rings is 1. The molecule has 0 aliphatic heterocycles. The maximum atomic E-state index is 4.38. The zero-order valence-corrected chi connectivity index (χ0v) is 15.5. The highest BCUT2D eigenvalue weighted by atomic mass is 127. The third-order valence-electron chi connectivity index (χ3n) is 3.42. The van der Waals surface area contributed by atoms with Crippen LogP contribution in [0.25, 0.3) is 0 Å². The molecule has 0 amide bonds. The van der Waals surface area contributed by atoms with E-state index in [1.807, 2.05) is 30.5 Å². The van der Waals surface area contributed by atoms with Crippen LogP contribution in [0.5, 0.6) is 0 Å². The summed E-state index contributed by atoms with van der Waals surface area (Å²) in [5.74, 6) is 0.774. The molecule has 5 heteroatoms. The van der Waals surface area contributed by atoms with Crippen molar-refractivity contribution in [1.82, 2.24) is 15.6 Å². The Morgan fingerprint density at radius 2 is 1.91 bits per heavy atom. The van der Waals surface area contributed by atoms with E-state index in [-0.39, 0.29) is 30.0 Å². The average molecular weight is 410 g/mol. The van der Waals surface area contributed by atoms with Crippen LogP contribution in [-0.4, -0.2) is 18.0 Å². The van der Waals surface area contributed by atoms with E-state index >= 15 is 0 Å². The number of hydrogen-bond donors (Lipinski definition) is 2. The highest BCUT2D eigenvalue weighted by molar-refractivity contribution is 14.0. The van der Waals surface area contributed by atoms with Crippen molar-refractivity contribution in [1.29, 1.82) is 0 Å². The summed E-state index contributed by atoms with van der Waals surface area (Å²) in [4.78, 5) is 8.64. The highest BCUT2D eigenvalue weighted by Crippen LogP contribution is 2.10. The molecular weight excluding hydrogens is 387 g/mol. The summed E-state index contributed by atoms with van der Waals surface area (Å²) in [7, 11) is 1.78. The molecule has 0 fully saturated rings. The van der Waals surface area contributed by atoms with Crippen LogP contribution < -0.4 is 10.6 Å². The maximum Gasteiger partial charge on any atom is 0.191 e. The third-order valence-corrected chi connectivity index (χ3v) is 3.42. The molecule has 1 aromatic heterocycles. The molecule has 1 aromatic carbocycles. The Kier molecular flexibility index (Phi) is 7.87. The van der Waals surface area contributed by atoms with Crippen LogP contribution in [0.3, 0.4) is 0 Å². The number of halogens is 1. The largest absolute Gasteiger partial charge is 0.351 e. The average Bonchev–Trinajstić information content (AvgIpc) is 2.53. The van der Waals surface area contributed by atoms with Crippen molar-refractivity contribution in [2.45, 2.75) is 26.4 Å². The molecule has 0 radical (unpaired) electrons. The smallest absolute Gasteiger partial charge is 0.191 e. The normalized spacial score (nSPS) is 12.2. The summed E-state index contributed by atoms with van der Waals surface area (Å²) in [6, 6.07) is 14.5. The van der Waals surface area contributed by atoms with E-state index in [0.29, 0.717) is 6.54 Å². The highest BCUT2D eigenvalue weighted by Gasteiger charge is 2.07. The van der Waals surface area contributed by atoms with Gasteiger partial charge in [-0.05, 0) is 31.0 Å². The zero-order chi connectivity index (χ0) is 15.1. The Morgan fingerprint density at radius 1 is 1.18 bits per heavy atom. The molecule has 0 spiro atoms. The zero-order valence-electron chi connectivity index (χ0n) is 13.2. The van der Waals surface area contributed by atoms with Gasteiger partial charge >= 0.3 is 0 Å². The fourth-order valence-electron chi connectivity index (χ4n) is 2.10. The van der Waals surface area contributed by atoms with E-state index in [1.54, 1.807) is 7.05 Å². The molecule has 22 heavy (non-hydrogen) atoms. The van der Waals surface area contributed by atoms with Gasteiger partial charge in [-0.3, -0.25) is 9.98 Å². The van der Waals surface area contributed by atoms with E-state index in [2.05, 4.69) is 52.7 Å². The van der Waals surface area contributed by atoms with Gasteiger partial charge < -0.3 is 10.6 Å². The van der Waals surface area contributed by atoms with E-state index in [0.717, 1.165) is 11.7 Å². The van der Waals surface area contributed by atoms with Crippen LogP contribution in [-0.2, 0) is 6.54 Å². The first-order chi connectivity index (χ1) is 10.2. The lowest BCUT2D eigenvalue weighted by atomic mass is 10.1. The van der Waals surface area contributed by atoms with Crippen molar-refractivity contribution >= 4 is 29.9 Å². The maximum absolute atomic E-state index is 4.38. The van der Waals surface area contributed by atoms with Gasteiger partial charge in [-0.1, -0.05) is 36.4 Å². The molecule has 2 rings (SSSR count). The summed E-state index contributed by atoms with van der Waals surface area (Å²) in [6.07, 6.45) is 1.81. The fourth-order valence-corrected chi connectivity index (χ4v) is 2.10. The molecule has 118 valence electrons. The number of nitrogens with zero attached hydrogens (tertiary/aromatic N) is 2. The fraction of sp³-hybridized carbons (Fsp3) is 0.294. The number of rotatable bonds is 4. The predicted molar refractivity (Wildman–Crippen MR) is 103 cm³/mol. The Morgan fingerprint density at radius 3 is 2.55 bits per heavy atom. The molecule has 4 nitrogen and oxygen atoms in total. The van der Waals surface area contributed by atoms with Gasteiger partial charge in [0.15, 0.2) is 5.96 Å². The van der Waals surface area contributed by atoms with E-state index in [1.165, 1.54) is 11.1 Å². The van der Waals surface area contributed by atoms with Gasteiger partial charge in [0.05, 0.1) is 18.3 Å². The summed E-state index contributed by atoms with van der Waals surface area (Å²) in [5.41, 5.74) is 3.44. The van der Waals surface area contributed by atoms with Gasteiger partial charge in [0.2, 0.25) is 0 Å². The van der Waals surface area contributed by atoms with Gasteiger partial charge in [0.1, 0.15) is 0 Å². The summed E-state index contributed by atoms with van der Waals surface area (Å²) < 4.78 is 0. The monoisotopic (exact) mass is 410 g/mol. The first kappa shape index (κ1) is 18.4. The second-order valence-corrected chi connectivity index (χ2v) is 4.97. The summed E-state index contributed by atoms with van der Waals surface area (Å²) in [5, 5.41) is 6.69. The number of benzene rings is 1. The van der Waals surface area contributed by atoms with E-state index in [9.17, 15) is 0 Å². The van der Waals surface area contributed by atoms with Gasteiger partial charge in [0, 0.05) is 13.2 Å². The predicted octanol–water partition coefficient (Wildman–Crippen LogP) is 3.43. The van der Waals surface area contributed by atoms with Gasteiger partial charge in [-0.2, -0.15) is 0 Å². The molecule has 0 saturated heterocycles. The van der Waals surface area contributed by atoms with Gasteiger partial charge in [0.25, 0.3) is 0 Å². The van der Waals surface area contributed by atoms with Crippen molar-refractivity contribution < 1.29 is 0 Å². The minimum absolute atomic E-state index is 0. The minimum atomic E-state index is 0. The first-order valence-corrected chi connectivity index (χ1v) is 7.13. The molecule has 1 atom stereocenters. The van der Waals surface area contributed by atoms with E-state index in [4.69, 9.17) is 0 Å². The first-order valence-electron chi connectivity index (χ1n) is 7.13. The van der Waals surface area contributed by atoms with Gasteiger partial charge in [-0.25, -0.2) is 0 Å². The summed E-state index contributed by atoms with van der Waals surface area (Å²) in [6.45, 7) is 4.84. The molecule has 0 bridgehead atoms. The molecule has 1 unspecified atom stereocenters. The molecule has 2 N–H and O–H groups in total. The molecule has 0 aliphatic rings. The van der Waals surface area contributed by atoms with Crippen LogP contribution >= 0.6 is 24.0 Å². The van der Waals surface area contributed by atoms with Crippen LogP contribution in [0, 0.1) is 6.92 Å².